The van der Waals surface area contributed by atoms with Crippen LogP contribution in [-0.4, -0.2) is 17.6 Å². The first-order valence-corrected chi connectivity index (χ1v) is 7.25. The molecule has 3 nitrogen and oxygen atoms in total. The van der Waals surface area contributed by atoms with Crippen molar-refractivity contribution in [3.05, 3.63) is 53.1 Å². The lowest BCUT2D eigenvalue weighted by Gasteiger charge is -2.08. The zero-order chi connectivity index (χ0) is 14.1. The van der Waals surface area contributed by atoms with Crippen LogP contribution in [0.5, 0.6) is 5.75 Å². The fraction of sp³-hybridized carbons (Fsp3) is 0.0625. The Bertz CT molecular complexity index is 747. The van der Waals surface area contributed by atoms with E-state index in [2.05, 4.69) is 0 Å². The molecule has 3 rings (SSSR count). The van der Waals surface area contributed by atoms with Crippen LogP contribution in [0.3, 0.4) is 0 Å². The third-order valence-electron chi connectivity index (χ3n) is 3.23. The zero-order valence-corrected chi connectivity index (χ0v) is 11.6. The van der Waals surface area contributed by atoms with Gasteiger partial charge in [0.25, 0.3) is 0 Å². The van der Waals surface area contributed by atoms with E-state index in [0.717, 1.165) is 28.1 Å². The molecule has 0 saturated heterocycles. The van der Waals surface area contributed by atoms with Gasteiger partial charge in [0.05, 0.1) is 27.7 Å². The topological polar surface area (TPSA) is 43.4 Å². The summed E-state index contributed by atoms with van der Waals surface area (Å²) in [6, 6.07) is 10.7. The summed E-state index contributed by atoms with van der Waals surface area (Å²) < 4.78 is 17.9. The average molecular weight is 284 g/mol. The average Bonchev–Trinajstić information content (AvgIpc) is 2.64. The number of carbonyl (C=O) groups is 1. The maximum absolute atomic E-state index is 12.7. The molecule has 4 heteroatoms. The predicted molar refractivity (Wildman–Crippen MR) is 78.4 cm³/mol. The first-order valence-electron chi connectivity index (χ1n) is 6.10. The SMILES string of the molecule is COc1ccc2c(c1)C=Cc1ccc(C=O)cc1S2=O. The van der Waals surface area contributed by atoms with E-state index in [1.54, 1.807) is 31.4 Å². The third kappa shape index (κ3) is 2.08. The normalized spacial score (nSPS) is 15.9. The Balaban J connectivity index is 2.20. The van der Waals surface area contributed by atoms with Crippen LogP contribution in [0.15, 0.2) is 46.2 Å². The molecule has 0 aromatic heterocycles. The number of benzene rings is 2. The third-order valence-corrected chi connectivity index (χ3v) is 4.76. The molecule has 1 aliphatic heterocycles. The first-order chi connectivity index (χ1) is 9.72. The standard InChI is InChI=1S/C16H12O3S/c1-19-14-6-7-15-13(9-14)5-4-12-3-2-11(10-17)8-16(12)20(15)18/h2-10H,1H3. The van der Waals surface area contributed by atoms with Gasteiger partial charge in [-0.15, -0.1) is 0 Å². The van der Waals surface area contributed by atoms with E-state index in [4.69, 9.17) is 4.74 Å². The molecule has 0 spiro atoms. The van der Waals surface area contributed by atoms with Gasteiger partial charge in [0.15, 0.2) is 0 Å². The van der Waals surface area contributed by atoms with Gasteiger partial charge in [-0.05, 0) is 35.4 Å². The van der Waals surface area contributed by atoms with Gasteiger partial charge >= 0.3 is 0 Å². The maximum Gasteiger partial charge on any atom is 0.150 e. The van der Waals surface area contributed by atoms with Crippen LogP contribution < -0.4 is 4.74 Å². The summed E-state index contributed by atoms with van der Waals surface area (Å²) in [4.78, 5) is 12.3. The van der Waals surface area contributed by atoms with E-state index in [-0.39, 0.29) is 0 Å². The Labute approximate surface area is 119 Å². The van der Waals surface area contributed by atoms with E-state index in [1.165, 1.54) is 0 Å². The highest BCUT2D eigenvalue weighted by Gasteiger charge is 2.18. The number of hydrogen-bond donors (Lipinski definition) is 0. The highest BCUT2D eigenvalue weighted by Crippen LogP contribution is 2.31. The van der Waals surface area contributed by atoms with E-state index < -0.39 is 10.8 Å². The Morgan fingerprint density at radius 3 is 2.55 bits per heavy atom. The van der Waals surface area contributed by atoms with Crippen molar-refractivity contribution in [2.45, 2.75) is 9.79 Å². The van der Waals surface area contributed by atoms with Crippen LogP contribution in [0.2, 0.25) is 0 Å². The summed E-state index contributed by atoms with van der Waals surface area (Å²) in [5.74, 6) is 0.727. The number of ether oxygens (including phenoxy) is 1. The lowest BCUT2D eigenvalue weighted by atomic mass is 10.1. The van der Waals surface area contributed by atoms with Crippen LogP contribution in [-0.2, 0) is 10.8 Å². The van der Waals surface area contributed by atoms with Crippen molar-refractivity contribution in [3.63, 3.8) is 0 Å². The predicted octanol–water partition coefficient (Wildman–Crippen LogP) is 3.16. The Morgan fingerprint density at radius 2 is 1.80 bits per heavy atom. The van der Waals surface area contributed by atoms with Crippen molar-refractivity contribution in [3.8, 4) is 5.75 Å². The van der Waals surface area contributed by atoms with E-state index in [0.29, 0.717) is 10.5 Å². The Morgan fingerprint density at radius 1 is 1.00 bits per heavy atom. The lowest BCUT2D eigenvalue weighted by Crippen LogP contribution is -1.98. The van der Waals surface area contributed by atoms with E-state index in [1.807, 2.05) is 24.3 Å². The van der Waals surface area contributed by atoms with Crippen molar-refractivity contribution < 1.29 is 13.7 Å². The molecule has 0 radical (unpaired) electrons. The second-order valence-corrected chi connectivity index (χ2v) is 5.84. The van der Waals surface area contributed by atoms with Gasteiger partial charge in [-0.25, -0.2) is 4.21 Å². The molecule has 20 heavy (non-hydrogen) atoms. The van der Waals surface area contributed by atoms with Gasteiger partial charge in [0, 0.05) is 5.56 Å². The Hall–Kier alpha value is -2.20. The second kappa shape index (κ2) is 5.06. The highest BCUT2D eigenvalue weighted by atomic mass is 32.2. The molecule has 1 aliphatic rings. The molecule has 0 aliphatic carbocycles. The summed E-state index contributed by atoms with van der Waals surface area (Å²) in [5.41, 5.74) is 2.26. The molecule has 100 valence electrons. The Kier molecular flexibility index (Phi) is 3.24. The molecule has 0 saturated carbocycles. The van der Waals surface area contributed by atoms with Gasteiger partial charge in [0.1, 0.15) is 12.0 Å². The van der Waals surface area contributed by atoms with Gasteiger partial charge in [-0.1, -0.05) is 24.3 Å². The number of methoxy groups -OCH3 is 1. The fourth-order valence-corrected chi connectivity index (χ4v) is 3.54. The van der Waals surface area contributed by atoms with Crippen LogP contribution in [0.25, 0.3) is 12.2 Å². The smallest absolute Gasteiger partial charge is 0.150 e. The molecule has 1 unspecified atom stereocenters. The van der Waals surface area contributed by atoms with Gasteiger partial charge in [-0.3, -0.25) is 4.79 Å². The molecule has 0 fully saturated rings. The molecular formula is C16H12O3S. The minimum Gasteiger partial charge on any atom is -0.497 e. The van der Waals surface area contributed by atoms with Crippen LogP contribution in [0, 0.1) is 0 Å². The largest absolute Gasteiger partial charge is 0.497 e. The minimum atomic E-state index is -1.31. The quantitative estimate of drug-likeness (QED) is 0.679. The van der Waals surface area contributed by atoms with Crippen molar-refractivity contribution in [1.29, 1.82) is 0 Å². The van der Waals surface area contributed by atoms with E-state index >= 15 is 0 Å². The molecule has 1 atom stereocenters. The summed E-state index contributed by atoms with van der Waals surface area (Å²) in [5, 5.41) is 0. The van der Waals surface area contributed by atoms with Crippen molar-refractivity contribution in [2.75, 3.05) is 7.11 Å². The zero-order valence-electron chi connectivity index (χ0n) is 10.8. The summed E-state index contributed by atoms with van der Waals surface area (Å²) in [7, 11) is 0.295. The highest BCUT2D eigenvalue weighted by molar-refractivity contribution is 7.85. The van der Waals surface area contributed by atoms with Crippen LogP contribution >= 0.6 is 0 Å². The molecule has 2 aromatic rings. The fourth-order valence-electron chi connectivity index (χ4n) is 2.17. The first kappa shape index (κ1) is 12.8. The van der Waals surface area contributed by atoms with Crippen molar-refractivity contribution in [1.82, 2.24) is 0 Å². The van der Waals surface area contributed by atoms with Crippen LogP contribution in [0.1, 0.15) is 21.5 Å². The molecule has 0 amide bonds. The van der Waals surface area contributed by atoms with Crippen LogP contribution in [0.4, 0.5) is 0 Å². The maximum atomic E-state index is 12.7. The van der Waals surface area contributed by atoms with Crippen molar-refractivity contribution in [2.24, 2.45) is 0 Å². The monoisotopic (exact) mass is 284 g/mol. The van der Waals surface area contributed by atoms with Crippen molar-refractivity contribution >= 4 is 29.2 Å². The summed E-state index contributed by atoms with van der Waals surface area (Å²) >= 11 is 0. The van der Waals surface area contributed by atoms with Gasteiger partial charge in [0.2, 0.25) is 0 Å². The summed E-state index contributed by atoms with van der Waals surface area (Å²) in [6.45, 7) is 0. The lowest BCUT2D eigenvalue weighted by molar-refractivity contribution is 0.112. The molecule has 0 bridgehead atoms. The number of aldehydes is 1. The second-order valence-electron chi connectivity index (χ2n) is 4.42. The van der Waals surface area contributed by atoms with Gasteiger partial charge in [-0.2, -0.15) is 0 Å². The molecule has 1 heterocycles. The minimum absolute atomic E-state index is 0.530. The number of fused-ring (bicyclic) bond motifs is 2. The molecule has 2 aromatic carbocycles. The van der Waals surface area contributed by atoms with E-state index in [9.17, 15) is 9.00 Å². The summed E-state index contributed by atoms with van der Waals surface area (Å²) in [6.07, 6.45) is 4.59. The number of rotatable bonds is 2. The molecule has 0 N–H and O–H groups in total. The number of hydrogen-bond acceptors (Lipinski definition) is 3. The van der Waals surface area contributed by atoms with Gasteiger partial charge < -0.3 is 4.74 Å². The number of carbonyl (C=O) groups excluding carboxylic acids is 1. The molecular weight excluding hydrogens is 272 g/mol.